The third kappa shape index (κ3) is 8.58. The fraction of sp³-hybridized carbons (Fsp3) is 0.310. The summed E-state index contributed by atoms with van der Waals surface area (Å²) < 4.78 is 11.3. The van der Waals surface area contributed by atoms with Crippen LogP contribution in [-0.2, 0) is 20.9 Å². The summed E-state index contributed by atoms with van der Waals surface area (Å²) in [5.41, 5.74) is 1.67. The molecule has 0 aliphatic heterocycles. The number of nitrogens with one attached hydrogen (secondary N) is 1. The van der Waals surface area contributed by atoms with Gasteiger partial charge >= 0.3 is 0 Å². The lowest BCUT2D eigenvalue weighted by molar-refractivity contribution is -0.143. The summed E-state index contributed by atoms with van der Waals surface area (Å²) in [5, 5.41) is 3.00. The summed E-state index contributed by atoms with van der Waals surface area (Å²) in [6, 6.07) is 27.4. The number of hydrogen-bond donors (Lipinski definition) is 1. The van der Waals surface area contributed by atoms with Gasteiger partial charge < -0.3 is 19.7 Å². The van der Waals surface area contributed by atoms with Gasteiger partial charge in [0.2, 0.25) is 5.91 Å². The Morgan fingerprint density at radius 3 is 2.09 bits per heavy atom. The maximum absolute atomic E-state index is 13.5. The highest BCUT2D eigenvalue weighted by atomic mass is 16.5. The van der Waals surface area contributed by atoms with Gasteiger partial charge in [-0.3, -0.25) is 9.59 Å². The Morgan fingerprint density at radius 2 is 1.46 bits per heavy atom. The van der Waals surface area contributed by atoms with Crippen LogP contribution in [0.5, 0.6) is 5.75 Å². The first-order chi connectivity index (χ1) is 17.0. The van der Waals surface area contributed by atoms with E-state index in [-0.39, 0.29) is 31.1 Å². The van der Waals surface area contributed by atoms with E-state index in [1.165, 1.54) is 0 Å². The maximum Gasteiger partial charge on any atom is 0.261 e. The lowest BCUT2D eigenvalue weighted by Gasteiger charge is -2.31. The number of ether oxygens (including phenoxy) is 2. The maximum atomic E-state index is 13.5. The number of carbonyl (C=O) groups is 2. The zero-order chi connectivity index (χ0) is 24.9. The van der Waals surface area contributed by atoms with Gasteiger partial charge in [-0.05, 0) is 43.5 Å². The number of benzene rings is 3. The second-order valence-corrected chi connectivity index (χ2v) is 8.49. The van der Waals surface area contributed by atoms with Crippen molar-refractivity contribution in [3.63, 3.8) is 0 Å². The lowest BCUT2D eigenvalue weighted by Crippen LogP contribution is -2.45. The number of carbonyl (C=O) groups excluding carboxylic acids is 2. The van der Waals surface area contributed by atoms with Crippen molar-refractivity contribution < 1.29 is 19.1 Å². The second kappa shape index (κ2) is 13.9. The van der Waals surface area contributed by atoms with Crippen LogP contribution in [0.2, 0.25) is 0 Å². The Kier molecular flexibility index (Phi) is 10.3. The monoisotopic (exact) mass is 474 g/mol. The van der Waals surface area contributed by atoms with E-state index in [4.69, 9.17) is 9.47 Å². The fourth-order valence-electron chi connectivity index (χ4n) is 3.66. The van der Waals surface area contributed by atoms with Crippen LogP contribution in [0.4, 0.5) is 0 Å². The molecule has 0 saturated carbocycles. The minimum absolute atomic E-state index is 0.145. The molecule has 3 aromatic carbocycles. The summed E-state index contributed by atoms with van der Waals surface area (Å²) in [7, 11) is 0. The van der Waals surface area contributed by atoms with E-state index in [9.17, 15) is 9.59 Å². The van der Waals surface area contributed by atoms with Gasteiger partial charge in [0, 0.05) is 19.7 Å². The molecule has 0 spiro atoms. The van der Waals surface area contributed by atoms with Gasteiger partial charge in [0.15, 0.2) is 6.61 Å². The highest BCUT2D eigenvalue weighted by molar-refractivity contribution is 5.89. The molecule has 0 aliphatic rings. The quantitative estimate of drug-likeness (QED) is 0.363. The van der Waals surface area contributed by atoms with Crippen molar-refractivity contribution in [3.05, 3.63) is 102 Å². The molecular weight excluding hydrogens is 440 g/mol. The number of nitrogens with zero attached hydrogens (tertiary/aromatic N) is 1. The first-order valence-corrected chi connectivity index (χ1v) is 12.0. The molecule has 35 heavy (non-hydrogen) atoms. The van der Waals surface area contributed by atoms with Crippen LogP contribution in [0.15, 0.2) is 91.0 Å². The van der Waals surface area contributed by atoms with E-state index in [0.717, 1.165) is 11.1 Å². The summed E-state index contributed by atoms with van der Waals surface area (Å²) in [4.78, 5) is 28.5. The first-order valence-electron chi connectivity index (χ1n) is 12.0. The zero-order valence-electron chi connectivity index (χ0n) is 20.4. The molecule has 6 heteroatoms. The van der Waals surface area contributed by atoms with Crippen molar-refractivity contribution >= 4 is 11.8 Å². The van der Waals surface area contributed by atoms with Crippen molar-refractivity contribution in [2.75, 3.05) is 19.8 Å². The number of amides is 2. The average molecular weight is 475 g/mol. The van der Waals surface area contributed by atoms with Crippen molar-refractivity contribution in [1.82, 2.24) is 10.2 Å². The zero-order valence-corrected chi connectivity index (χ0v) is 20.4. The van der Waals surface area contributed by atoms with Crippen molar-refractivity contribution in [3.8, 4) is 5.75 Å². The van der Waals surface area contributed by atoms with Gasteiger partial charge in [-0.15, -0.1) is 0 Å². The molecular formula is C29H34N2O4. The van der Waals surface area contributed by atoms with Crippen LogP contribution in [0.1, 0.15) is 37.4 Å². The summed E-state index contributed by atoms with van der Waals surface area (Å²) >= 11 is 0. The predicted molar refractivity (Wildman–Crippen MR) is 137 cm³/mol. The average Bonchev–Trinajstić information content (AvgIpc) is 2.88. The minimum Gasteiger partial charge on any atom is -0.484 e. The molecule has 0 saturated heterocycles. The molecule has 0 bridgehead atoms. The Balaban J connectivity index is 1.81. The molecule has 0 aromatic heterocycles. The number of para-hydroxylation sites is 1. The van der Waals surface area contributed by atoms with Crippen molar-refractivity contribution in [2.45, 2.75) is 39.0 Å². The van der Waals surface area contributed by atoms with Crippen molar-refractivity contribution in [1.29, 1.82) is 0 Å². The third-order valence-corrected chi connectivity index (χ3v) is 5.37. The lowest BCUT2D eigenvalue weighted by atomic mass is 10.0. The molecule has 0 aliphatic carbocycles. The van der Waals surface area contributed by atoms with E-state index in [2.05, 4.69) is 5.32 Å². The third-order valence-electron chi connectivity index (χ3n) is 5.37. The normalized spacial score (nSPS) is 11.6. The molecule has 6 nitrogen and oxygen atoms in total. The number of rotatable bonds is 13. The SMILES string of the molecule is CC(C)OCCCNC(=O)[C@@H](c1ccccc1)N(Cc1ccccc1)C(=O)COc1ccccc1. The van der Waals surface area contributed by atoms with Gasteiger partial charge in [0.1, 0.15) is 11.8 Å². The largest absolute Gasteiger partial charge is 0.484 e. The first kappa shape index (κ1) is 26.0. The smallest absolute Gasteiger partial charge is 0.261 e. The van der Waals surface area contributed by atoms with Crippen LogP contribution in [0.3, 0.4) is 0 Å². The van der Waals surface area contributed by atoms with Gasteiger partial charge in [0.05, 0.1) is 6.10 Å². The van der Waals surface area contributed by atoms with E-state index in [1.54, 1.807) is 17.0 Å². The van der Waals surface area contributed by atoms with Crippen LogP contribution in [0.25, 0.3) is 0 Å². The Morgan fingerprint density at radius 1 is 0.857 bits per heavy atom. The van der Waals surface area contributed by atoms with Gasteiger partial charge in [-0.25, -0.2) is 0 Å². The molecule has 184 valence electrons. The highest BCUT2D eigenvalue weighted by Crippen LogP contribution is 2.24. The predicted octanol–water partition coefficient (Wildman–Crippen LogP) is 4.77. The summed E-state index contributed by atoms with van der Waals surface area (Å²) in [6.07, 6.45) is 0.834. The standard InChI is InChI=1S/C29H34N2O4/c1-23(2)34-20-12-19-30-29(33)28(25-15-8-4-9-16-25)31(21-24-13-6-3-7-14-24)27(32)22-35-26-17-10-5-11-18-26/h3-11,13-18,23,28H,12,19-22H2,1-2H3,(H,30,33)/t28-/m1/s1. The van der Waals surface area contributed by atoms with E-state index >= 15 is 0 Å². The van der Waals surface area contributed by atoms with E-state index in [1.807, 2.05) is 92.7 Å². The molecule has 1 atom stereocenters. The van der Waals surface area contributed by atoms with E-state index in [0.29, 0.717) is 25.3 Å². The number of hydrogen-bond acceptors (Lipinski definition) is 4. The van der Waals surface area contributed by atoms with Gasteiger partial charge in [0.25, 0.3) is 5.91 Å². The van der Waals surface area contributed by atoms with Crippen molar-refractivity contribution in [2.24, 2.45) is 0 Å². The van der Waals surface area contributed by atoms with E-state index < -0.39 is 6.04 Å². The topological polar surface area (TPSA) is 67.9 Å². The van der Waals surface area contributed by atoms with Gasteiger partial charge in [-0.1, -0.05) is 78.9 Å². The molecule has 2 amide bonds. The van der Waals surface area contributed by atoms with Gasteiger partial charge in [-0.2, -0.15) is 0 Å². The molecule has 3 rings (SSSR count). The molecule has 1 N–H and O–H groups in total. The fourth-order valence-corrected chi connectivity index (χ4v) is 3.66. The Labute approximate surface area is 207 Å². The second-order valence-electron chi connectivity index (χ2n) is 8.49. The molecule has 0 unspecified atom stereocenters. The van der Waals surface area contributed by atoms with Crippen LogP contribution >= 0.6 is 0 Å². The Bertz CT molecular complexity index is 1030. The summed E-state index contributed by atoms with van der Waals surface area (Å²) in [6.45, 7) is 5.09. The van der Waals surface area contributed by atoms with Crippen LogP contribution in [0, 0.1) is 0 Å². The summed E-state index contributed by atoms with van der Waals surface area (Å²) in [5.74, 6) is 0.0981. The van der Waals surface area contributed by atoms with Crippen LogP contribution in [-0.4, -0.2) is 42.6 Å². The van der Waals surface area contributed by atoms with Crippen LogP contribution < -0.4 is 10.1 Å². The minimum atomic E-state index is -0.797. The molecule has 0 heterocycles. The molecule has 3 aromatic rings. The Hall–Kier alpha value is -3.64. The highest BCUT2D eigenvalue weighted by Gasteiger charge is 2.31. The molecule has 0 fully saturated rings. The molecule has 0 radical (unpaired) electrons.